The first-order chi connectivity index (χ1) is 11.0. The molecule has 0 atom stereocenters. The molecule has 6 nitrogen and oxygen atoms in total. The SMILES string of the molecule is Cn1c(Sc2nc3cccc(Cl)c3s2)nc2c(N)nc(Cl)nc21. The zero-order valence-electron chi connectivity index (χ0n) is 11.6. The van der Waals surface area contributed by atoms with Crippen LogP contribution in [0.3, 0.4) is 0 Å². The lowest BCUT2D eigenvalue weighted by Gasteiger charge is -1.98. The minimum absolute atomic E-state index is 0.0984. The topological polar surface area (TPSA) is 82.5 Å². The third-order valence-electron chi connectivity index (χ3n) is 3.20. The first-order valence-corrected chi connectivity index (χ1v) is 8.80. The molecule has 3 heterocycles. The van der Waals surface area contributed by atoms with E-state index in [0.29, 0.717) is 21.3 Å². The van der Waals surface area contributed by atoms with Gasteiger partial charge in [0.25, 0.3) is 0 Å². The van der Waals surface area contributed by atoms with Crippen molar-refractivity contribution in [2.24, 2.45) is 7.05 Å². The van der Waals surface area contributed by atoms with Crippen molar-refractivity contribution < 1.29 is 0 Å². The minimum atomic E-state index is 0.0984. The molecule has 3 aromatic heterocycles. The number of fused-ring (bicyclic) bond motifs is 2. The summed E-state index contributed by atoms with van der Waals surface area (Å²) in [6.45, 7) is 0. The number of nitrogens with zero attached hydrogens (tertiary/aromatic N) is 5. The van der Waals surface area contributed by atoms with Gasteiger partial charge in [0.15, 0.2) is 26.5 Å². The van der Waals surface area contributed by atoms with Gasteiger partial charge < -0.3 is 10.3 Å². The molecule has 0 unspecified atom stereocenters. The van der Waals surface area contributed by atoms with Crippen LogP contribution in [0.15, 0.2) is 27.7 Å². The van der Waals surface area contributed by atoms with E-state index in [9.17, 15) is 0 Å². The van der Waals surface area contributed by atoms with Crippen molar-refractivity contribution in [2.45, 2.75) is 9.50 Å². The first-order valence-electron chi connectivity index (χ1n) is 6.41. The van der Waals surface area contributed by atoms with E-state index in [2.05, 4.69) is 19.9 Å². The van der Waals surface area contributed by atoms with Crippen molar-refractivity contribution >= 4 is 73.5 Å². The summed E-state index contributed by atoms with van der Waals surface area (Å²) in [7, 11) is 1.85. The van der Waals surface area contributed by atoms with Crippen LogP contribution in [0.2, 0.25) is 10.3 Å². The van der Waals surface area contributed by atoms with Crippen LogP contribution in [0.1, 0.15) is 0 Å². The van der Waals surface area contributed by atoms with Gasteiger partial charge in [-0.1, -0.05) is 17.7 Å². The number of thiazole rings is 1. The molecule has 4 aromatic rings. The smallest absolute Gasteiger partial charge is 0.226 e. The predicted octanol–water partition coefficient (Wildman–Crippen LogP) is 4.01. The van der Waals surface area contributed by atoms with Crippen molar-refractivity contribution in [1.82, 2.24) is 24.5 Å². The maximum atomic E-state index is 6.20. The lowest BCUT2D eigenvalue weighted by atomic mass is 10.3. The highest BCUT2D eigenvalue weighted by molar-refractivity contribution is 8.01. The monoisotopic (exact) mass is 382 g/mol. The Balaban J connectivity index is 1.81. The number of rotatable bonds is 2. The van der Waals surface area contributed by atoms with E-state index in [0.717, 1.165) is 14.6 Å². The Hall–Kier alpha value is -1.61. The predicted molar refractivity (Wildman–Crippen MR) is 94.5 cm³/mol. The molecule has 2 N–H and O–H groups in total. The number of imidazole rings is 1. The number of hydrogen-bond acceptors (Lipinski definition) is 7. The fraction of sp³-hybridized carbons (Fsp3) is 0.0769. The van der Waals surface area contributed by atoms with E-state index in [-0.39, 0.29) is 11.1 Å². The summed E-state index contributed by atoms with van der Waals surface area (Å²) in [5, 5.41) is 1.50. The quantitative estimate of drug-likeness (QED) is 0.527. The number of benzene rings is 1. The van der Waals surface area contributed by atoms with Gasteiger partial charge in [0.1, 0.15) is 0 Å². The van der Waals surface area contributed by atoms with E-state index >= 15 is 0 Å². The Kier molecular flexibility index (Phi) is 3.56. The van der Waals surface area contributed by atoms with Crippen molar-refractivity contribution in [2.75, 3.05) is 5.73 Å². The van der Waals surface area contributed by atoms with Crippen LogP contribution in [0.5, 0.6) is 0 Å². The van der Waals surface area contributed by atoms with Gasteiger partial charge in [-0.15, -0.1) is 11.3 Å². The average molecular weight is 383 g/mol. The number of anilines is 1. The third kappa shape index (κ3) is 2.51. The van der Waals surface area contributed by atoms with Crippen molar-refractivity contribution in [3.05, 3.63) is 28.5 Å². The first kappa shape index (κ1) is 14.9. The van der Waals surface area contributed by atoms with Crippen molar-refractivity contribution in [3.8, 4) is 0 Å². The van der Waals surface area contributed by atoms with Gasteiger partial charge in [0.2, 0.25) is 5.28 Å². The van der Waals surface area contributed by atoms with Crippen molar-refractivity contribution in [1.29, 1.82) is 0 Å². The molecule has 0 amide bonds. The number of halogens is 2. The fourth-order valence-electron chi connectivity index (χ4n) is 2.14. The van der Waals surface area contributed by atoms with E-state index in [1.807, 2.05) is 29.8 Å². The highest BCUT2D eigenvalue weighted by atomic mass is 35.5. The molecule has 1 aromatic carbocycles. The van der Waals surface area contributed by atoms with Crippen LogP contribution in [0, 0.1) is 0 Å². The Morgan fingerprint density at radius 1 is 1.17 bits per heavy atom. The molecule has 23 heavy (non-hydrogen) atoms. The molecule has 0 aliphatic rings. The van der Waals surface area contributed by atoms with Gasteiger partial charge in [-0.3, -0.25) is 0 Å². The molecule has 0 radical (unpaired) electrons. The molecule has 116 valence electrons. The lowest BCUT2D eigenvalue weighted by Crippen LogP contribution is -1.96. The average Bonchev–Trinajstić information content (AvgIpc) is 3.04. The molecule has 0 saturated heterocycles. The Labute approximate surface area is 148 Å². The Bertz CT molecular complexity index is 1060. The molecule has 4 rings (SSSR count). The van der Waals surface area contributed by atoms with Crippen LogP contribution >= 0.6 is 46.3 Å². The van der Waals surface area contributed by atoms with E-state index in [4.69, 9.17) is 28.9 Å². The van der Waals surface area contributed by atoms with Gasteiger partial charge in [-0.05, 0) is 35.5 Å². The summed E-state index contributed by atoms with van der Waals surface area (Å²) >= 11 is 15.0. The van der Waals surface area contributed by atoms with Gasteiger partial charge in [0.05, 0.1) is 15.2 Å². The molecular formula is C13H8Cl2N6S2. The number of nitrogens with two attached hydrogens (primary N) is 1. The Morgan fingerprint density at radius 3 is 2.78 bits per heavy atom. The zero-order valence-corrected chi connectivity index (χ0v) is 14.8. The maximum Gasteiger partial charge on any atom is 0.226 e. The number of hydrogen-bond donors (Lipinski definition) is 1. The summed E-state index contributed by atoms with van der Waals surface area (Å²) in [4.78, 5) is 17.2. The van der Waals surface area contributed by atoms with Crippen LogP contribution in [0.25, 0.3) is 21.4 Å². The maximum absolute atomic E-state index is 6.20. The fourth-order valence-corrected chi connectivity index (χ4v) is 4.60. The molecule has 0 bridgehead atoms. The second-order valence-electron chi connectivity index (χ2n) is 4.67. The second-order valence-corrected chi connectivity index (χ2v) is 7.63. The summed E-state index contributed by atoms with van der Waals surface area (Å²) in [6.07, 6.45) is 0. The Morgan fingerprint density at radius 2 is 2.00 bits per heavy atom. The summed E-state index contributed by atoms with van der Waals surface area (Å²) in [6, 6.07) is 5.66. The second kappa shape index (κ2) is 5.48. The van der Waals surface area contributed by atoms with Gasteiger partial charge >= 0.3 is 0 Å². The third-order valence-corrected chi connectivity index (χ3v) is 6.01. The summed E-state index contributed by atoms with van der Waals surface area (Å²) in [5.41, 5.74) is 7.84. The standard InChI is InChI=1S/C13H8Cl2N6S2/c1-21-10-7(9(16)19-11(15)20-10)18-12(21)23-13-17-6-4-2-3-5(14)8(6)22-13/h2-4H,1H3,(H2,16,19,20). The lowest BCUT2D eigenvalue weighted by molar-refractivity contribution is 0.805. The molecule has 0 saturated carbocycles. The largest absolute Gasteiger partial charge is 0.382 e. The molecular weight excluding hydrogens is 375 g/mol. The van der Waals surface area contributed by atoms with Crippen LogP contribution in [0.4, 0.5) is 5.82 Å². The summed E-state index contributed by atoms with van der Waals surface area (Å²) in [5.74, 6) is 0.259. The molecule has 0 fully saturated rings. The number of nitrogen functional groups attached to an aromatic ring is 1. The number of aromatic nitrogens is 5. The van der Waals surface area contributed by atoms with E-state index in [1.165, 1.54) is 23.1 Å². The van der Waals surface area contributed by atoms with Crippen LogP contribution in [-0.2, 0) is 7.05 Å². The van der Waals surface area contributed by atoms with E-state index in [1.54, 1.807) is 0 Å². The highest BCUT2D eigenvalue weighted by Crippen LogP contribution is 2.37. The molecule has 0 aliphatic carbocycles. The number of aryl methyl sites for hydroxylation is 1. The normalized spacial score (nSPS) is 11.6. The van der Waals surface area contributed by atoms with Crippen LogP contribution in [-0.4, -0.2) is 24.5 Å². The van der Waals surface area contributed by atoms with Crippen LogP contribution < -0.4 is 5.73 Å². The molecule has 0 spiro atoms. The molecule has 10 heteroatoms. The minimum Gasteiger partial charge on any atom is -0.382 e. The van der Waals surface area contributed by atoms with Gasteiger partial charge in [-0.2, -0.15) is 9.97 Å². The van der Waals surface area contributed by atoms with E-state index < -0.39 is 0 Å². The highest BCUT2D eigenvalue weighted by Gasteiger charge is 2.17. The van der Waals surface area contributed by atoms with Gasteiger partial charge in [0, 0.05) is 7.05 Å². The summed E-state index contributed by atoms with van der Waals surface area (Å²) < 4.78 is 3.61. The zero-order chi connectivity index (χ0) is 16.1. The van der Waals surface area contributed by atoms with Gasteiger partial charge in [-0.25, -0.2) is 9.97 Å². The van der Waals surface area contributed by atoms with Crippen molar-refractivity contribution in [3.63, 3.8) is 0 Å². The molecule has 0 aliphatic heterocycles.